The molecule has 0 saturated heterocycles. The molecule has 2 atom stereocenters. The predicted octanol–water partition coefficient (Wildman–Crippen LogP) is 3.05. The van der Waals surface area contributed by atoms with Crippen molar-refractivity contribution in [2.24, 2.45) is 5.73 Å². The number of hydrogen-bond donors (Lipinski definition) is 1. The van der Waals surface area contributed by atoms with Crippen LogP contribution in [0.1, 0.15) is 25.0 Å². The van der Waals surface area contributed by atoms with Crippen LogP contribution < -0.4 is 10.5 Å². The van der Waals surface area contributed by atoms with E-state index in [0.29, 0.717) is 17.7 Å². The highest BCUT2D eigenvalue weighted by Crippen LogP contribution is 2.31. The van der Waals surface area contributed by atoms with Crippen LogP contribution in [0, 0.1) is 0 Å². The Morgan fingerprint density at radius 1 is 1.26 bits per heavy atom. The van der Waals surface area contributed by atoms with Gasteiger partial charge < -0.3 is 15.2 Å². The van der Waals surface area contributed by atoms with Crippen LogP contribution in [0.25, 0.3) is 0 Å². The fourth-order valence-corrected chi connectivity index (χ4v) is 1.74. The Morgan fingerprint density at radius 2 is 1.89 bits per heavy atom. The highest BCUT2D eigenvalue weighted by molar-refractivity contribution is 5.35. The fraction of sp³-hybridized carbons (Fsp3) is 0.538. The lowest BCUT2D eigenvalue weighted by Crippen LogP contribution is -2.32. The van der Waals surface area contributed by atoms with Crippen molar-refractivity contribution in [1.82, 2.24) is 0 Å². The summed E-state index contributed by atoms with van der Waals surface area (Å²) in [5.41, 5.74) is 6.39. The summed E-state index contributed by atoms with van der Waals surface area (Å²) in [7, 11) is 1.46. The third kappa shape index (κ3) is 4.72. The number of ether oxygens (including phenoxy) is 2. The number of hydrogen-bond acceptors (Lipinski definition) is 3. The molecule has 2 unspecified atom stereocenters. The number of para-hydroxylation sites is 1. The number of benzene rings is 1. The van der Waals surface area contributed by atoms with Gasteiger partial charge in [-0.25, -0.2) is 0 Å². The van der Waals surface area contributed by atoms with E-state index in [1.54, 1.807) is 31.2 Å². The first-order chi connectivity index (χ1) is 8.89. The van der Waals surface area contributed by atoms with Gasteiger partial charge >= 0.3 is 6.18 Å². The summed E-state index contributed by atoms with van der Waals surface area (Å²) in [6.45, 7) is 0.466. The van der Waals surface area contributed by atoms with Crippen molar-refractivity contribution in [2.45, 2.75) is 31.7 Å². The molecule has 0 aliphatic heterocycles. The SMILES string of the molecule is CCC(N)C(OCC(F)(F)F)c1ccccc1OC. The van der Waals surface area contributed by atoms with Crippen LogP contribution in [0.4, 0.5) is 13.2 Å². The Balaban J connectivity index is 2.96. The van der Waals surface area contributed by atoms with E-state index < -0.39 is 24.9 Å². The van der Waals surface area contributed by atoms with Crippen molar-refractivity contribution < 1.29 is 22.6 Å². The second-order valence-corrected chi connectivity index (χ2v) is 4.16. The van der Waals surface area contributed by atoms with Gasteiger partial charge in [0, 0.05) is 11.6 Å². The quantitative estimate of drug-likeness (QED) is 0.869. The molecular formula is C13H18F3NO2. The molecule has 19 heavy (non-hydrogen) atoms. The van der Waals surface area contributed by atoms with Gasteiger partial charge in [0.2, 0.25) is 0 Å². The molecule has 0 bridgehead atoms. The maximum Gasteiger partial charge on any atom is 0.411 e. The third-order valence-electron chi connectivity index (χ3n) is 2.73. The molecule has 3 nitrogen and oxygen atoms in total. The second kappa shape index (κ2) is 6.77. The van der Waals surface area contributed by atoms with E-state index >= 15 is 0 Å². The molecule has 1 rings (SSSR count). The van der Waals surface area contributed by atoms with E-state index in [2.05, 4.69) is 0 Å². The van der Waals surface area contributed by atoms with Crippen LogP contribution in [0.3, 0.4) is 0 Å². The Labute approximate surface area is 110 Å². The minimum atomic E-state index is -4.38. The topological polar surface area (TPSA) is 44.5 Å². The molecule has 0 radical (unpaired) electrons. The molecule has 0 amide bonds. The number of nitrogens with two attached hydrogens (primary N) is 1. The fourth-order valence-electron chi connectivity index (χ4n) is 1.74. The molecule has 6 heteroatoms. The highest BCUT2D eigenvalue weighted by Gasteiger charge is 2.32. The van der Waals surface area contributed by atoms with Crippen molar-refractivity contribution in [3.05, 3.63) is 29.8 Å². The van der Waals surface area contributed by atoms with Crippen molar-refractivity contribution in [1.29, 1.82) is 0 Å². The van der Waals surface area contributed by atoms with E-state index in [0.717, 1.165) is 0 Å². The van der Waals surface area contributed by atoms with Gasteiger partial charge in [0.15, 0.2) is 0 Å². The van der Waals surface area contributed by atoms with Gasteiger partial charge in [-0.15, -0.1) is 0 Å². The van der Waals surface area contributed by atoms with Gasteiger partial charge in [0.05, 0.1) is 7.11 Å². The van der Waals surface area contributed by atoms with Gasteiger partial charge in [-0.2, -0.15) is 13.2 Å². The Morgan fingerprint density at radius 3 is 2.42 bits per heavy atom. The lowest BCUT2D eigenvalue weighted by molar-refractivity contribution is -0.188. The van der Waals surface area contributed by atoms with Crippen LogP contribution in [0.2, 0.25) is 0 Å². The zero-order valence-corrected chi connectivity index (χ0v) is 10.9. The van der Waals surface area contributed by atoms with Crippen LogP contribution in [0.5, 0.6) is 5.75 Å². The van der Waals surface area contributed by atoms with Crippen LogP contribution in [0.15, 0.2) is 24.3 Å². The molecular weight excluding hydrogens is 259 g/mol. The van der Waals surface area contributed by atoms with Gasteiger partial charge in [-0.05, 0) is 12.5 Å². The number of alkyl halides is 3. The van der Waals surface area contributed by atoms with Crippen molar-refractivity contribution in [3.8, 4) is 5.75 Å². The van der Waals surface area contributed by atoms with Gasteiger partial charge in [-0.3, -0.25) is 0 Å². The minimum absolute atomic E-state index is 0.471. The predicted molar refractivity (Wildman–Crippen MR) is 66.0 cm³/mol. The maximum absolute atomic E-state index is 12.3. The monoisotopic (exact) mass is 277 g/mol. The smallest absolute Gasteiger partial charge is 0.411 e. The first-order valence-corrected chi connectivity index (χ1v) is 5.96. The molecule has 1 aromatic rings. The van der Waals surface area contributed by atoms with E-state index in [1.807, 2.05) is 0 Å². The average Bonchev–Trinajstić information content (AvgIpc) is 2.37. The van der Waals surface area contributed by atoms with Crippen LogP contribution in [-0.2, 0) is 4.74 Å². The van der Waals surface area contributed by atoms with Gasteiger partial charge in [-0.1, -0.05) is 25.1 Å². The third-order valence-corrected chi connectivity index (χ3v) is 2.73. The summed E-state index contributed by atoms with van der Waals surface area (Å²) in [6.07, 6.45) is -4.73. The first-order valence-electron chi connectivity index (χ1n) is 5.96. The Bertz CT molecular complexity index is 396. The Hall–Kier alpha value is -1.27. The highest BCUT2D eigenvalue weighted by atomic mass is 19.4. The second-order valence-electron chi connectivity index (χ2n) is 4.16. The van der Waals surface area contributed by atoms with E-state index in [9.17, 15) is 13.2 Å². The molecule has 0 saturated carbocycles. The molecule has 1 aromatic carbocycles. The lowest BCUT2D eigenvalue weighted by Gasteiger charge is -2.25. The lowest BCUT2D eigenvalue weighted by atomic mass is 10.00. The van der Waals surface area contributed by atoms with Crippen LogP contribution >= 0.6 is 0 Å². The summed E-state index contributed by atoms with van der Waals surface area (Å²) < 4.78 is 46.9. The van der Waals surface area contributed by atoms with Crippen molar-refractivity contribution >= 4 is 0 Å². The van der Waals surface area contributed by atoms with E-state index in [1.165, 1.54) is 7.11 Å². The van der Waals surface area contributed by atoms with Gasteiger partial charge in [0.25, 0.3) is 0 Å². The number of rotatable bonds is 6. The summed E-state index contributed by atoms with van der Waals surface area (Å²) in [5, 5.41) is 0. The van der Waals surface area contributed by atoms with E-state index in [4.69, 9.17) is 15.2 Å². The molecule has 0 heterocycles. The van der Waals surface area contributed by atoms with Crippen molar-refractivity contribution in [3.63, 3.8) is 0 Å². The van der Waals surface area contributed by atoms with E-state index in [-0.39, 0.29) is 0 Å². The zero-order chi connectivity index (χ0) is 14.5. The largest absolute Gasteiger partial charge is 0.496 e. The Kier molecular flexibility index (Phi) is 5.62. The summed E-state index contributed by atoms with van der Waals surface area (Å²) in [5.74, 6) is 0.471. The first kappa shape index (κ1) is 15.8. The molecule has 108 valence electrons. The average molecular weight is 277 g/mol. The number of methoxy groups -OCH3 is 1. The normalized spacial score (nSPS) is 15.1. The molecule has 0 aliphatic carbocycles. The molecule has 0 aromatic heterocycles. The summed E-state index contributed by atoms with van der Waals surface area (Å²) in [6, 6.07) is 6.25. The minimum Gasteiger partial charge on any atom is -0.496 e. The molecule has 0 aliphatic rings. The molecule has 0 fully saturated rings. The summed E-state index contributed by atoms with van der Waals surface area (Å²) in [4.78, 5) is 0. The molecule has 0 spiro atoms. The maximum atomic E-state index is 12.3. The molecule has 2 N–H and O–H groups in total. The van der Waals surface area contributed by atoms with Gasteiger partial charge in [0.1, 0.15) is 18.5 Å². The van der Waals surface area contributed by atoms with Crippen molar-refractivity contribution in [2.75, 3.05) is 13.7 Å². The van der Waals surface area contributed by atoms with Crippen LogP contribution in [-0.4, -0.2) is 25.9 Å². The summed E-state index contributed by atoms with van der Waals surface area (Å²) >= 11 is 0. The number of halogens is 3. The standard InChI is InChI=1S/C13H18F3NO2/c1-3-10(17)12(19-8-13(14,15)16)9-6-4-5-7-11(9)18-2/h4-7,10,12H,3,8,17H2,1-2H3. The zero-order valence-electron chi connectivity index (χ0n) is 10.9.